The van der Waals surface area contributed by atoms with Gasteiger partial charge in [0, 0.05) is 36.7 Å². The third-order valence-electron chi connectivity index (χ3n) is 6.26. The molecule has 3 aromatic rings. The molecule has 0 spiro atoms. The fourth-order valence-electron chi connectivity index (χ4n) is 4.40. The fourth-order valence-corrected chi connectivity index (χ4v) is 4.60. The van der Waals surface area contributed by atoms with Gasteiger partial charge in [0.15, 0.2) is 5.78 Å². The van der Waals surface area contributed by atoms with Crippen LogP contribution in [0, 0.1) is 17.8 Å². The third-order valence-corrected chi connectivity index (χ3v) is 6.56. The summed E-state index contributed by atoms with van der Waals surface area (Å²) in [4.78, 5) is 33.6. The second kappa shape index (κ2) is 9.94. The zero-order chi connectivity index (χ0) is 24.4. The lowest BCUT2D eigenvalue weighted by molar-refractivity contribution is -0.129. The van der Waals surface area contributed by atoms with E-state index in [9.17, 15) is 19.8 Å². The first-order chi connectivity index (χ1) is 16.3. The monoisotopic (exact) mass is 480 g/mol. The van der Waals surface area contributed by atoms with Crippen molar-refractivity contribution < 1.29 is 19.8 Å². The van der Waals surface area contributed by atoms with Gasteiger partial charge in [-0.1, -0.05) is 35.6 Å². The molecule has 34 heavy (non-hydrogen) atoms. The molecule has 2 aromatic heterocycles. The van der Waals surface area contributed by atoms with Crippen molar-refractivity contribution in [1.29, 1.82) is 0 Å². The number of halogens is 1. The highest BCUT2D eigenvalue weighted by atomic mass is 35.5. The van der Waals surface area contributed by atoms with Gasteiger partial charge in [-0.3, -0.25) is 9.59 Å². The van der Waals surface area contributed by atoms with Gasteiger partial charge in [0.05, 0.1) is 24.1 Å². The molecule has 0 saturated heterocycles. The predicted molar refractivity (Wildman–Crippen MR) is 127 cm³/mol. The van der Waals surface area contributed by atoms with Gasteiger partial charge in [-0.2, -0.15) is 0 Å². The molecule has 1 aromatic carbocycles. The van der Waals surface area contributed by atoms with Crippen LogP contribution in [-0.4, -0.2) is 66.6 Å². The van der Waals surface area contributed by atoms with Crippen LogP contribution in [0.4, 0.5) is 0 Å². The summed E-state index contributed by atoms with van der Waals surface area (Å²) in [6.45, 7) is 3.36. The van der Waals surface area contributed by atoms with E-state index in [1.807, 2.05) is 0 Å². The minimum absolute atomic E-state index is 0.0402. The number of benzene rings is 1. The molecule has 0 radical (unpaired) electrons. The van der Waals surface area contributed by atoms with Gasteiger partial charge in [-0.15, -0.1) is 0 Å². The van der Waals surface area contributed by atoms with Crippen LogP contribution in [0.15, 0.2) is 42.9 Å². The summed E-state index contributed by atoms with van der Waals surface area (Å²) in [6, 6.07) is 8.37. The summed E-state index contributed by atoms with van der Waals surface area (Å²) in [6.07, 6.45) is 1.55. The lowest BCUT2D eigenvalue weighted by atomic mass is 10.0. The molecule has 1 aliphatic rings. The Morgan fingerprint density at radius 2 is 2.00 bits per heavy atom. The maximum atomic E-state index is 12.3. The van der Waals surface area contributed by atoms with Gasteiger partial charge in [-0.05, 0) is 31.5 Å². The molecular formula is C25H25ClN4O4. The Balaban J connectivity index is 1.48. The Morgan fingerprint density at radius 3 is 2.74 bits per heavy atom. The molecule has 4 atom stereocenters. The van der Waals surface area contributed by atoms with E-state index in [2.05, 4.69) is 21.8 Å². The second-order valence-corrected chi connectivity index (χ2v) is 8.87. The molecule has 8 nitrogen and oxygen atoms in total. The molecular weight excluding hydrogens is 456 g/mol. The van der Waals surface area contributed by atoms with Gasteiger partial charge >= 0.3 is 0 Å². The Kier molecular flexibility index (Phi) is 6.98. The summed E-state index contributed by atoms with van der Waals surface area (Å²) in [7, 11) is 0. The number of Topliss-reactive ketones (excluding diaryl/α,β-unsaturated/α-hetero) is 1. The first-order valence-corrected chi connectivity index (χ1v) is 11.3. The molecule has 4 rings (SSSR count). The highest BCUT2D eigenvalue weighted by molar-refractivity contribution is 6.33. The summed E-state index contributed by atoms with van der Waals surface area (Å²) in [5, 5.41) is 22.5. The first-order valence-electron chi connectivity index (χ1n) is 10.9. The van der Waals surface area contributed by atoms with Gasteiger partial charge in [0.2, 0.25) is 5.91 Å². The van der Waals surface area contributed by atoms with E-state index >= 15 is 0 Å². The molecule has 2 N–H and O–H groups in total. The number of ketones is 1. The molecule has 1 amide bonds. The largest absolute Gasteiger partial charge is 0.390 e. The maximum absolute atomic E-state index is 12.3. The number of hydrogen-bond acceptors (Lipinski definition) is 6. The molecule has 0 unspecified atom stereocenters. The van der Waals surface area contributed by atoms with Crippen LogP contribution < -0.4 is 0 Å². The van der Waals surface area contributed by atoms with Crippen LogP contribution in [0.25, 0.3) is 11.0 Å². The number of nitrogens with zero attached hydrogens (tertiary/aromatic N) is 4. The third kappa shape index (κ3) is 4.82. The van der Waals surface area contributed by atoms with Crippen molar-refractivity contribution in [2.24, 2.45) is 5.92 Å². The van der Waals surface area contributed by atoms with Crippen molar-refractivity contribution in [3.05, 3.63) is 59.1 Å². The van der Waals surface area contributed by atoms with E-state index in [0.717, 1.165) is 0 Å². The lowest BCUT2D eigenvalue weighted by Gasteiger charge is -2.24. The minimum atomic E-state index is -1.02. The van der Waals surface area contributed by atoms with Crippen LogP contribution in [-0.2, 0) is 4.79 Å². The zero-order valence-electron chi connectivity index (χ0n) is 18.8. The lowest BCUT2D eigenvalue weighted by Crippen LogP contribution is -2.38. The number of aliphatic hydroxyl groups is 2. The molecule has 1 aliphatic carbocycles. The number of fused-ring (bicyclic) bond motifs is 1. The van der Waals surface area contributed by atoms with Crippen LogP contribution in [0.3, 0.4) is 0 Å². The van der Waals surface area contributed by atoms with E-state index < -0.39 is 18.2 Å². The van der Waals surface area contributed by atoms with Crippen LogP contribution >= 0.6 is 11.6 Å². The summed E-state index contributed by atoms with van der Waals surface area (Å²) in [5.74, 6) is 5.41. The Morgan fingerprint density at radius 1 is 1.21 bits per heavy atom. The number of carbonyl (C=O) groups is 2. The van der Waals surface area contributed by atoms with Crippen molar-refractivity contribution in [2.75, 3.05) is 13.1 Å². The summed E-state index contributed by atoms with van der Waals surface area (Å²) in [5.41, 5.74) is 1.85. The molecule has 1 fully saturated rings. The highest BCUT2D eigenvalue weighted by Crippen LogP contribution is 2.38. The van der Waals surface area contributed by atoms with Gasteiger partial charge < -0.3 is 19.7 Å². The van der Waals surface area contributed by atoms with E-state index in [4.69, 9.17) is 11.6 Å². The van der Waals surface area contributed by atoms with Crippen molar-refractivity contribution in [2.45, 2.75) is 38.5 Å². The maximum Gasteiger partial charge on any atom is 0.220 e. The molecule has 1 saturated carbocycles. The van der Waals surface area contributed by atoms with Crippen molar-refractivity contribution in [3.63, 3.8) is 0 Å². The molecule has 9 heteroatoms. The van der Waals surface area contributed by atoms with Crippen LogP contribution in [0.2, 0.25) is 5.15 Å². The first kappa shape index (κ1) is 23.9. The Labute approximate surface area is 202 Å². The van der Waals surface area contributed by atoms with Gasteiger partial charge in [0.1, 0.15) is 23.2 Å². The van der Waals surface area contributed by atoms with Crippen LogP contribution in [0.5, 0.6) is 0 Å². The van der Waals surface area contributed by atoms with Crippen molar-refractivity contribution >= 4 is 34.3 Å². The molecule has 2 heterocycles. The average molecular weight is 481 g/mol. The summed E-state index contributed by atoms with van der Waals surface area (Å²) >= 11 is 6.14. The number of aromatic nitrogens is 3. The zero-order valence-corrected chi connectivity index (χ0v) is 19.6. The van der Waals surface area contributed by atoms with E-state index in [1.54, 1.807) is 46.0 Å². The van der Waals surface area contributed by atoms with E-state index in [1.165, 1.54) is 20.2 Å². The number of amides is 1. The number of rotatable bonds is 5. The van der Waals surface area contributed by atoms with Gasteiger partial charge in [-0.25, -0.2) is 9.97 Å². The second-order valence-electron chi connectivity index (χ2n) is 8.51. The average Bonchev–Trinajstić information content (AvgIpc) is 3.35. The topological polar surface area (TPSA) is 109 Å². The minimum Gasteiger partial charge on any atom is -0.390 e. The Bertz CT molecular complexity index is 1290. The van der Waals surface area contributed by atoms with Crippen molar-refractivity contribution in [1.82, 2.24) is 19.4 Å². The molecule has 176 valence electrons. The van der Waals surface area contributed by atoms with E-state index in [0.29, 0.717) is 33.7 Å². The van der Waals surface area contributed by atoms with Gasteiger partial charge in [0.25, 0.3) is 0 Å². The number of aliphatic hydroxyl groups excluding tert-OH is 2. The smallest absolute Gasteiger partial charge is 0.220 e. The predicted octanol–water partition coefficient (Wildman–Crippen LogP) is 2.47. The highest BCUT2D eigenvalue weighted by Gasteiger charge is 2.43. The van der Waals surface area contributed by atoms with Crippen molar-refractivity contribution in [3.8, 4) is 11.8 Å². The summed E-state index contributed by atoms with van der Waals surface area (Å²) < 4.78 is 1.80. The normalized spacial score (nSPS) is 21.8. The molecule has 0 bridgehead atoms. The van der Waals surface area contributed by atoms with E-state index in [-0.39, 0.29) is 30.7 Å². The number of hydrogen-bond donors (Lipinski definition) is 2. The quantitative estimate of drug-likeness (QED) is 0.330. The molecule has 0 aliphatic heterocycles. The SMILES string of the molecule is CC(=O)c1cccc(C#CCN(C[C@H]2C[C@@H](n3ccc4c(Cl)ncnc43)[C@H](O)[C@@H]2O)C(C)=O)c1. The number of carbonyl (C=O) groups excluding carboxylic acids is 2. The fraction of sp³-hybridized carbons (Fsp3) is 0.360. The standard InChI is InChI=1S/C25H25ClN4O4/c1-15(31)18-7-3-5-17(11-18)6-4-9-29(16(2)32)13-19-12-21(23(34)22(19)33)30-10-8-20-24(26)27-14-28-25(20)30/h3,5,7-8,10-11,14,19,21-23,33-34H,9,12-13H2,1-2H3/t19-,21-,22-,23+/m1/s1. The Hall–Kier alpha value is -3.25. The van der Waals surface area contributed by atoms with Crippen LogP contribution in [0.1, 0.15) is 42.2 Å².